The molecule has 0 N–H and O–H groups in total. The molecule has 1 aromatic rings. The van der Waals surface area contributed by atoms with Gasteiger partial charge in [-0.3, -0.25) is 0 Å². The summed E-state index contributed by atoms with van der Waals surface area (Å²) in [6.07, 6.45) is 2.20. The molecule has 1 heterocycles. The van der Waals surface area contributed by atoms with Crippen LogP contribution in [0.15, 0.2) is 24.3 Å². The van der Waals surface area contributed by atoms with Crippen LogP contribution in [-0.2, 0) is 9.67 Å². The van der Waals surface area contributed by atoms with Gasteiger partial charge in [-0.25, -0.2) is 0 Å². The number of aryl methyl sites for hydroxylation is 1. The van der Waals surface area contributed by atoms with Gasteiger partial charge < -0.3 is 9.64 Å². The zero-order chi connectivity index (χ0) is 13.9. The minimum atomic E-state index is -0.159. The van der Waals surface area contributed by atoms with E-state index in [0.717, 1.165) is 19.4 Å². The molecule has 1 saturated heterocycles. The SMILES string of the molecule is Cc1ccccc1C1(CC(C)N(C)C)OCCCS1. The summed E-state index contributed by atoms with van der Waals surface area (Å²) in [6.45, 7) is 5.34. The lowest BCUT2D eigenvalue weighted by Gasteiger charge is -2.41. The average molecular weight is 279 g/mol. The molecule has 0 radical (unpaired) electrons. The van der Waals surface area contributed by atoms with Gasteiger partial charge in [0.15, 0.2) is 0 Å². The second-order valence-corrected chi connectivity index (χ2v) is 6.99. The maximum absolute atomic E-state index is 6.29. The first-order valence-corrected chi connectivity index (χ1v) is 8.04. The molecule has 0 saturated carbocycles. The van der Waals surface area contributed by atoms with Crippen LogP contribution in [-0.4, -0.2) is 37.4 Å². The number of hydrogen-bond donors (Lipinski definition) is 0. The molecule has 0 aliphatic carbocycles. The zero-order valence-corrected chi connectivity index (χ0v) is 13.3. The van der Waals surface area contributed by atoms with Crippen molar-refractivity contribution in [2.45, 2.75) is 37.7 Å². The van der Waals surface area contributed by atoms with Crippen LogP contribution in [0.3, 0.4) is 0 Å². The van der Waals surface area contributed by atoms with E-state index in [-0.39, 0.29) is 4.93 Å². The van der Waals surface area contributed by atoms with E-state index in [1.807, 2.05) is 11.8 Å². The Morgan fingerprint density at radius 2 is 2.11 bits per heavy atom. The lowest BCUT2D eigenvalue weighted by Crippen LogP contribution is -2.38. The maximum atomic E-state index is 6.29. The van der Waals surface area contributed by atoms with Crippen molar-refractivity contribution in [3.63, 3.8) is 0 Å². The molecule has 2 rings (SSSR count). The molecule has 3 heteroatoms. The fourth-order valence-corrected chi connectivity index (χ4v) is 4.03. The molecule has 0 aromatic heterocycles. The van der Waals surface area contributed by atoms with E-state index in [2.05, 4.69) is 57.1 Å². The van der Waals surface area contributed by atoms with Crippen molar-refractivity contribution in [2.75, 3.05) is 26.5 Å². The highest BCUT2D eigenvalue weighted by molar-refractivity contribution is 8.00. The number of nitrogens with zero attached hydrogens (tertiary/aromatic N) is 1. The van der Waals surface area contributed by atoms with Gasteiger partial charge in [-0.15, -0.1) is 11.8 Å². The number of ether oxygens (including phenoxy) is 1. The first-order chi connectivity index (χ1) is 9.05. The molecule has 19 heavy (non-hydrogen) atoms. The van der Waals surface area contributed by atoms with E-state index in [0.29, 0.717) is 6.04 Å². The molecule has 1 aromatic carbocycles. The van der Waals surface area contributed by atoms with Crippen molar-refractivity contribution in [1.82, 2.24) is 4.90 Å². The number of rotatable bonds is 4. The summed E-state index contributed by atoms with van der Waals surface area (Å²) in [6, 6.07) is 9.16. The molecule has 2 unspecified atom stereocenters. The molecule has 2 nitrogen and oxygen atoms in total. The van der Waals surface area contributed by atoms with Crippen molar-refractivity contribution < 1.29 is 4.74 Å². The minimum absolute atomic E-state index is 0.159. The quantitative estimate of drug-likeness (QED) is 0.835. The number of hydrogen-bond acceptors (Lipinski definition) is 3. The van der Waals surface area contributed by atoms with Gasteiger partial charge in [0, 0.05) is 19.1 Å². The number of thioether (sulfide) groups is 1. The molecule has 0 spiro atoms. The van der Waals surface area contributed by atoms with Gasteiger partial charge in [0.25, 0.3) is 0 Å². The molecule has 2 atom stereocenters. The smallest absolute Gasteiger partial charge is 0.140 e. The topological polar surface area (TPSA) is 12.5 Å². The Labute approximate surface area is 121 Å². The standard InChI is InChI=1S/C16H25NOS/c1-13-8-5-6-9-15(13)16(12-14(2)17(3)4)18-10-7-11-19-16/h5-6,8-9,14H,7,10-12H2,1-4H3. The Morgan fingerprint density at radius 3 is 2.68 bits per heavy atom. The monoisotopic (exact) mass is 279 g/mol. The van der Waals surface area contributed by atoms with Gasteiger partial charge in [-0.1, -0.05) is 24.3 Å². The van der Waals surface area contributed by atoms with Crippen molar-refractivity contribution >= 4 is 11.8 Å². The predicted octanol–water partition coefficient (Wildman–Crippen LogP) is 3.64. The Balaban J connectivity index is 2.32. The Morgan fingerprint density at radius 1 is 1.37 bits per heavy atom. The minimum Gasteiger partial charge on any atom is -0.360 e. The molecular formula is C16H25NOS. The van der Waals surface area contributed by atoms with E-state index in [9.17, 15) is 0 Å². The van der Waals surface area contributed by atoms with Gasteiger partial charge in [0.2, 0.25) is 0 Å². The average Bonchev–Trinajstić information content (AvgIpc) is 2.40. The van der Waals surface area contributed by atoms with Gasteiger partial charge in [0.05, 0.1) is 0 Å². The number of benzene rings is 1. The second-order valence-electron chi connectivity index (χ2n) is 5.64. The summed E-state index contributed by atoms with van der Waals surface area (Å²) >= 11 is 1.97. The van der Waals surface area contributed by atoms with E-state index in [4.69, 9.17) is 4.74 Å². The predicted molar refractivity (Wildman–Crippen MR) is 83.7 cm³/mol. The largest absolute Gasteiger partial charge is 0.360 e. The molecule has 1 aliphatic rings. The van der Waals surface area contributed by atoms with Gasteiger partial charge >= 0.3 is 0 Å². The summed E-state index contributed by atoms with van der Waals surface area (Å²) in [5.74, 6) is 1.19. The maximum Gasteiger partial charge on any atom is 0.140 e. The highest BCUT2D eigenvalue weighted by atomic mass is 32.2. The van der Waals surface area contributed by atoms with Gasteiger partial charge in [-0.2, -0.15) is 0 Å². The van der Waals surface area contributed by atoms with Crippen LogP contribution in [0.1, 0.15) is 30.9 Å². The van der Waals surface area contributed by atoms with Gasteiger partial charge in [-0.05, 0) is 51.2 Å². The summed E-state index contributed by atoms with van der Waals surface area (Å²) in [4.78, 5) is 2.12. The van der Waals surface area contributed by atoms with E-state index < -0.39 is 0 Å². The Hall–Kier alpha value is -0.510. The zero-order valence-electron chi connectivity index (χ0n) is 12.5. The summed E-state index contributed by atoms with van der Waals surface area (Å²) in [7, 11) is 4.29. The van der Waals surface area contributed by atoms with Crippen molar-refractivity contribution in [3.8, 4) is 0 Å². The van der Waals surface area contributed by atoms with E-state index >= 15 is 0 Å². The molecule has 106 valence electrons. The summed E-state index contributed by atoms with van der Waals surface area (Å²) in [5, 5.41) is 0. The van der Waals surface area contributed by atoms with Crippen LogP contribution < -0.4 is 0 Å². The normalized spacial score (nSPS) is 25.5. The van der Waals surface area contributed by atoms with Crippen molar-refractivity contribution in [2.24, 2.45) is 0 Å². The second kappa shape index (κ2) is 6.29. The molecule has 1 fully saturated rings. The van der Waals surface area contributed by atoms with Crippen LogP contribution in [0.5, 0.6) is 0 Å². The van der Waals surface area contributed by atoms with Gasteiger partial charge in [0.1, 0.15) is 4.93 Å². The van der Waals surface area contributed by atoms with Crippen LogP contribution in [0, 0.1) is 6.92 Å². The third-order valence-electron chi connectivity index (χ3n) is 3.96. The van der Waals surface area contributed by atoms with E-state index in [1.165, 1.54) is 16.9 Å². The third-order valence-corrected chi connectivity index (χ3v) is 5.42. The third kappa shape index (κ3) is 3.33. The van der Waals surface area contributed by atoms with Crippen molar-refractivity contribution in [3.05, 3.63) is 35.4 Å². The highest BCUT2D eigenvalue weighted by Gasteiger charge is 2.38. The van der Waals surface area contributed by atoms with Crippen LogP contribution in [0.25, 0.3) is 0 Å². The molecule has 0 amide bonds. The lowest BCUT2D eigenvalue weighted by atomic mass is 9.97. The summed E-state index contributed by atoms with van der Waals surface area (Å²) in [5.41, 5.74) is 2.69. The summed E-state index contributed by atoms with van der Waals surface area (Å²) < 4.78 is 6.29. The fraction of sp³-hybridized carbons (Fsp3) is 0.625. The van der Waals surface area contributed by atoms with Crippen LogP contribution in [0.4, 0.5) is 0 Å². The van der Waals surface area contributed by atoms with Crippen LogP contribution >= 0.6 is 11.8 Å². The highest BCUT2D eigenvalue weighted by Crippen LogP contribution is 2.46. The van der Waals surface area contributed by atoms with E-state index in [1.54, 1.807) is 0 Å². The Bertz CT molecular complexity index is 413. The van der Waals surface area contributed by atoms with Crippen molar-refractivity contribution in [1.29, 1.82) is 0 Å². The lowest BCUT2D eigenvalue weighted by molar-refractivity contribution is -0.00368. The molecule has 0 bridgehead atoms. The fourth-order valence-electron chi connectivity index (χ4n) is 2.53. The molecular weight excluding hydrogens is 254 g/mol. The molecule has 1 aliphatic heterocycles. The Kier molecular flexibility index (Phi) is 4.93. The van der Waals surface area contributed by atoms with Crippen LogP contribution in [0.2, 0.25) is 0 Å². The first kappa shape index (κ1) is 14.9. The first-order valence-electron chi connectivity index (χ1n) is 7.05.